The van der Waals surface area contributed by atoms with Gasteiger partial charge in [-0.15, -0.1) is 0 Å². The van der Waals surface area contributed by atoms with E-state index in [4.69, 9.17) is 0 Å². The van der Waals surface area contributed by atoms with E-state index in [0.29, 0.717) is 0 Å². The molecule has 1 nitrogen and oxygen atoms in total. The monoisotopic (exact) mass is 226 g/mol. The number of aldehydes is 1. The number of carbonyl (C=O) groups is 1. The molecular formula is C5H11BrOSSi. The third-order valence-electron chi connectivity index (χ3n) is 0.573. The maximum Gasteiger partial charge on any atom is 0.143 e. The predicted molar refractivity (Wildman–Crippen MR) is 49.7 cm³/mol. The maximum atomic E-state index is 10.1. The summed E-state index contributed by atoms with van der Waals surface area (Å²) in [6, 6.07) is 0. The van der Waals surface area contributed by atoms with Crippen molar-refractivity contribution >= 4 is 40.7 Å². The lowest BCUT2D eigenvalue weighted by Crippen LogP contribution is -2.17. The fraction of sp³-hybridized carbons (Fsp3) is 0.800. The van der Waals surface area contributed by atoms with E-state index in [1.807, 2.05) is 0 Å². The number of halogens is 1. The van der Waals surface area contributed by atoms with Gasteiger partial charge in [0.15, 0.2) is 0 Å². The van der Waals surface area contributed by atoms with Crippen molar-refractivity contribution in [3.8, 4) is 0 Å². The van der Waals surface area contributed by atoms with Gasteiger partial charge in [0.1, 0.15) is 17.7 Å². The molecule has 0 aliphatic rings. The third kappa shape index (κ3) is 6.60. The van der Waals surface area contributed by atoms with Crippen LogP contribution < -0.4 is 0 Å². The zero-order chi connectivity index (χ0) is 7.49. The van der Waals surface area contributed by atoms with Crippen LogP contribution in [0.3, 0.4) is 0 Å². The third-order valence-corrected chi connectivity index (χ3v) is 6.31. The molecule has 9 heavy (non-hydrogen) atoms. The van der Waals surface area contributed by atoms with Crippen molar-refractivity contribution in [1.29, 1.82) is 0 Å². The van der Waals surface area contributed by atoms with Gasteiger partial charge in [0.05, 0.1) is 0 Å². The summed E-state index contributed by atoms with van der Waals surface area (Å²) < 4.78 is 0.00386. The second-order valence-corrected chi connectivity index (χ2v) is 13.7. The molecule has 0 aliphatic heterocycles. The maximum absolute atomic E-state index is 10.1. The normalized spacial score (nSPS) is 15.1. The van der Waals surface area contributed by atoms with Gasteiger partial charge < -0.3 is 4.79 Å². The second-order valence-electron chi connectivity index (χ2n) is 2.72. The fourth-order valence-corrected chi connectivity index (χ4v) is 8.34. The zero-order valence-electron chi connectivity index (χ0n) is 5.85. The molecular weight excluding hydrogens is 216 g/mol. The molecule has 0 aliphatic carbocycles. The predicted octanol–water partition coefficient (Wildman–Crippen LogP) is 2.47. The van der Waals surface area contributed by atoms with Gasteiger partial charge in [0.25, 0.3) is 0 Å². The van der Waals surface area contributed by atoms with Crippen molar-refractivity contribution in [3.63, 3.8) is 0 Å². The van der Waals surface area contributed by atoms with E-state index >= 15 is 0 Å². The number of carbonyl (C=O) groups excluding carboxylic acids is 1. The molecule has 0 saturated heterocycles. The molecule has 0 aromatic carbocycles. The van der Waals surface area contributed by atoms with E-state index in [1.54, 1.807) is 11.2 Å². The number of hydrogen-bond donors (Lipinski definition) is 0. The van der Waals surface area contributed by atoms with Crippen molar-refractivity contribution in [2.75, 3.05) is 0 Å². The van der Waals surface area contributed by atoms with Crippen LogP contribution in [-0.2, 0) is 4.79 Å². The highest BCUT2D eigenvalue weighted by Crippen LogP contribution is 2.26. The number of rotatable bonds is 3. The Morgan fingerprint density at radius 1 is 1.56 bits per heavy atom. The minimum atomic E-state index is -1.10. The van der Waals surface area contributed by atoms with Gasteiger partial charge in [0.2, 0.25) is 0 Å². The first-order valence-corrected chi connectivity index (χ1v) is 8.75. The average molecular weight is 227 g/mol. The van der Waals surface area contributed by atoms with Crippen molar-refractivity contribution in [2.45, 2.75) is 23.8 Å². The van der Waals surface area contributed by atoms with Crippen molar-refractivity contribution < 1.29 is 4.79 Å². The Kier molecular flexibility index (Phi) is 4.08. The van der Waals surface area contributed by atoms with Crippen molar-refractivity contribution in [3.05, 3.63) is 0 Å². The van der Waals surface area contributed by atoms with Crippen LogP contribution in [0.2, 0.25) is 19.6 Å². The first kappa shape index (κ1) is 9.72. The summed E-state index contributed by atoms with van der Waals surface area (Å²) in [7, 11) is -1.10. The summed E-state index contributed by atoms with van der Waals surface area (Å²) >= 11 is 4.99. The molecule has 0 bridgehead atoms. The van der Waals surface area contributed by atoms with E-state index in [0.717, 1.165) is 6.29 Å². The van der Waals surface area contributed by atoms with E-state index in [-0.39, 0.29) is 4.16 Å². The Labute approximate surface area is 69.4 Å². The Balaban J connectivity index is 3.59. The highest BCUT2D eigenvalue weighted by Gasteiger charge is 2.17. The average Bonchev–Trinajstić information content (AvgIpc) is 1.62. The molecule has 0 rings (SSSR count). The fourth-order valence-electron chi connectivity index (χ4n) is 0.366. The number of alkyl halides is 1. The Hall–Kier alpha value is 0.717. The molecule has 1 atom stereocenters. The van der Waals surface area contributed by atoms with Crippen LogP contribution >= 0.6 is 27.1 Å². The van der Waals surface area contributed by atoms with E-state index < -0.39 is 7.22 Å². The highest BCUT2D eigenvalue weighted by molar-refractivity contribution is 9.12. The van der Waals surface area contributed by atoms with Crippen molar-refractivity contribution in [2.24, 2.45) is 0 Å². The zero-order valence-corrected chi connectivity index (χ0v) is 9.25. The largest absolute Gasteiger partial charge is 0.301 e. The first-order chi connectivity index (χ1) is 3.95. The summed E-state index contributed by atoms with van der Waals surface area (Å²) in [4.78, 5) is 10.1. The molecule has 0 amide bonds. The van der Waals surface area contributed by atoms with Crippen LogP contribution in [0.1, 0.15) is 0 Å². The lowest BCUT2D eigenvalue weighted by atomic mass is 10.9. The van der Waals surface area contributed by atoms with Crippen LogP contribution in [0, 0.1) is 0 Å². The summed E-state index contributed by atoms with van der Waals surface area (Å²) in [6.45, 7) is 6.65. The molecule has 0 aromatic rings. The lowest BCUT2D eigenvalue weighted by molar-refractivity contribution is -0.106. The van der Waals surface area contributed by atoms with Crippen LogP contribution in [0.25, 0.3) is 0 Å². The highest BCUT2D eigenvalue weighted by atomic mass is 79.9. The quantitative estimate of drug-likeness (QED) is 0.418. The van der Waals surface area contributed by atoms with Crippen LogP contribution in [0.15, 0.2) is 0 Å². The lowest BCUT2D eigenvalue weighted by Gasteiger charge is -2.15. The molecule has 54 valence electrons. The molecule has 0 N–H and O–H groups in total. The SMILES string of the molecule is C[Si](C)(C)SC(Br)C=O. The van der Waals surface area contributed by atoms with Gasteiger partial charge in [-0.1, -0.05) is 35.6 Å². The molecule has 0 radical (unpaired) electrons. The Bertz CT molecular complexity index is 102. The summed E-state index contributed by atoms with van der Waals surface area (Å²) in [6.07, 6.45) is 0.933. The van der Waals surface area contributed by atoms with Gasteiger partial charge >= 0.3 is 0 Å². The molecule has 0 spiro atoms. The topological polar surface area (TPSA) is 17.1 Å². The minimum Gasteiger partial charge on any atom is -0.301 e. The Morgan fingerprint density at radius 3 is 2.11 bits per heavy atom. The Morgan fingerprint density at radius 2 is 2.00 bits per heavy atom. The molecule has 1 unspecified atom stereocenters. The van der Waals surface area contributed by atoms with Gasteiger partial charge in [-0.05, 0) is 0 Å². The van der Waals surface area contributed by atoms with E-state index in [2.05, 4.69) is 35.6 Å². The summed E-state index contributed by atoms with van der Waals surface area (Å²) in [5.74, 6) is 0. The summed E-state index contributed by atoms with van der Waals surface area (Å²) in [5.41, 5.74) is 0. The van der Waals surface area contributed by atoms with Crippen LogP contribution in [-0.4, -0.2) is 17.7 Å². The van der Waals surface area contributed by atoms with E-state index in [1.165, 1.54) is 0 Å². The summed E-state index contributed by atoms with van der Waals surface area (Å²) in [5, 5.41) is 0. The van der Waals surface area contributed by atoms with Gasteiger partial charge in [-0.2, -0.15) is 11.2 Å². The molecule has 0 saturated carbocycles. The molecule has 0 aromatic heterocycles. The van der Waals surface area contributed by atoms with Crippen LogP contribution in [0.5, 0.6) is 0 Å². The van der Waals surface area contributed by atoms with E-state index in [9.17, 15) is 4.79 Å². The van der Waals surface area contributed by atoms with Gasteiger partial charge in [-0.25, -0.2) is 0 Å². The standard InChI is InChI=1S/C5H11BrOSSi/c1-9(2,3)8-5(6)4-7/h4-5H,1-3H3. The first-order valence-electron chi connectivity index (χ1n) is 2.73. The van der Waals surface area contributed by atoms with Crippen molar-refractivity contribution in [1.82, 2.24) is 0 Å². The molecule has 0 fully saturated rings. The number of hydrogen-bond acceptors (Lipinski definition) is 2. The van der Waals surface area contributed by atoms with Gasteiger partial charge in [0, 0.05) is 0 Å². The smallest absolute Gasteiger partial charge is 0.143 e. The molecule has 0 heterocycles. The molecule has 4 heteroatoms. The van der Waals surface area contributed by atoms with Crippen LogP contribution in [0.4, 0.5) is 0 Å². The van der Waals surface area contributed by atoms with Gasteiger partial charge in [-0.3, -0.25) is 0 Å². The second kappa shape index (κ2) is 3.78. The minimum absolute atomic E-state index is 0.00386.